The Bertz CT molecular complexity index is 621. The molecule has 24 heavy (non-hydrogen) atoms. The molecule has 0 bridgehead atoms. The highest BCUT2D eigenvalue weighted by Crippen LogP contribution is 2.28. The van der Waals surface area contributed by atoms with Crippen LogP contribution in [0, 0.1) is 17.1 Å². The predicted molar refractivity (Wildman–Crippen MR) is 88.0 cm³/mol. The Morgan fingerprint density at radius 2 is 2.17 bits per heavy atom. The number of methoxy groups -OCH3 is 1. The zero-order valence-electron chi connectivity index (χ0n) is 14.3. The van der Waals surface area contributed by atoms with E-state index in [0.29, 0.717) is 6.54 Å². The molecule has 130 valence electrons. The van der Waals surface area contributed by atoms with Crippen molar-refractivity contribution in [2.75, 3.05) is 20.2 Å². The number of rotatable bonds is 7. The van der Waals surface area contributed by atoms with E-state index >= 15 is 0 Å². The van der Waals surface area contributed by atoms with Crippen LogP contribution in [-0.4, -0.2) is 31.6 Å². The highest BCUT2D eigenvalue weighted by atomic mass is 19.1. The molecule has 6 heteroatoms. The summed E-state index contributed by atoms with van der Waals surface area (Å²) in [4.78, 5) is 13.3. The van der Waals surface area contributed by atoms with Crippen molar-refractivity contribution >= 4 is 5.91 Å². The van der Waals surface area contributed by atoms with Crippen LogP contribution in [0.1, 0.15) is 38.2 Å². The molecule has 1 aromatic rings. The quantitative estimate of drug-likeness (QED) is 0.787. The van der Waals surface area contributed by atoms with Gasteiger partial charge in [-0.2, -0.15) is 5.26 Å². The SMILES string of the molecule is CC[NH+](CC(=O)NC1(C#N)CCCC1)Cc1ccc(OC)c(F)c1. The number of carbonyl (C=O) groups is 1. The van der Waals surface area contributed by atoms with Gasteiger partial charge in [-0.3, -0.25) is 4.79 Å². The second-order valence-corrected chi connectivity index (χ2v) is 6.38. The van der Waals surface area contributed by atoms with Gasteiger partial charge in [-0.15, -0.1) is 0 Å². The summed E-state index contributed by atoms with van der Waals surface area (Å²) in [6, 6.07) is 7.12. The minimum Gasteiger partial charge on any atom is -0.494 e. The third-order valence-electron chi connectivity index (χ3n) is 4.63. The molecule has 0 aliphatic heterocycles. The fourth-order valence-electron chi connectivity index (χ4n) is 3.20. The van der Waals surface area contributed by atoms with Gasteiger partial charge in [-0.05, 0) is 50.8 Å². The highest BCUT2D eigenvalue weighted by Gasteiger charge is 2.36. The minimum absolute atomic E-state index is 0.121. The summed E-state index contributed by atoms with van der Waals surface area (Å²) in [5.74, 6) is -0.305. The topological polar surface area (TPSA) is 66.6 Å². The Morgan fingerprint density at radius 1 is 1.46 bits per heavy atom. The first kappa shape index (κ1) is 18.2. The lowest BCUT2D eigenvalue weighted by molar-refractivity contribution is -0.904. The van der Waals surface area contributed by atoms with Crippen molar-refractivity contribution in [3.8, 4) is 11.8 Å². The zero-order valence-corrected chi connectivity index (χ0v) is 14.3. The Kier molecular flexibility index (Phi) is 6.16. The Labute approximate surface area is 142 Å². The van der Waals surface area contributed by atoms with E-state index in [2.05, 4.69) is 11.4 Å². The van der Waals surface area contributed by atoms with Crippen molar-refractivity contribution < 1.29 is 18.8 Å². The largest absolute Gasteiger partial charge is 0.494 e. The van der Waals surface area contributed by atoms with Crippen LogP contribution >= 0.6 is 0 Å². The van der Waals surface area contributed by atoms with E-state index < -0.39 is 11.4 Å². The molecule has 5 nitrogen and oxygen atoms in total. The van der Waals surface area contributed by atoms with Gasteiger partial charge in [0.1, 0.15) is 12.1 Å². The Hall–Kier alpha value is -2.13. The van der Waals surface area contributed by atoms with Gasteiger partial charge >= 0.3 is 0 Å². The molecule has 1 aliphatic carbocycles. The van der Waals surface area contributed by atoms with Crippen molar-refractivity contribution in [2.24, 2.45) is 0 Å². The van der Waals surface area contributed by atoms with Crippen LogP contribution in [0.15, 0.2) is 18.2 Å². The summed E-state index contributed by atoms with van der Waals surface area (Å²) < 4.78 is 18.7. The molecule has 0 heterocycles. The normalized spacial score (nSPS) is 17.1. The summed E-state index contributed by atoms with van der Waals surface area (Å²) >= 11 is 0. The second kappa shape index (κ2) is 8.11. The van der Waals surface area contributed by atoms with Crippen LogP contribution in [0.25, 0.3) is 0 Å². The first-order valence-corrected chi connectivity index (χ1v) is 8.40. The van der Waals surface area contributed by atoms with Gasteiger partial charge in [0.2, 0.25) is 0 Å². The van der Waals surface area contributed by atoms with Crippen LogP contribution in [0.4, 0.5) is 4.39 Å². The van der Waals surface area contributed by atoms with Gasteiger partial charge in [-0.25, -0.2) is 4.39 Å². The molecule has 2 N–H and O–H groups in total. The number of quaternary nitrogens is 1. The maximum Gasteiger partial charge on any atom is 0.276 e. The van der Waals surface area contributed by atoms with Gasteiger partial charge in [0, 0.05) is 5.56 Å². The fraction of sp³-hybridized carbons (Fsp3) is 0.556. The molecule has 0 aromatic heterocycles. The summed E-state index contributed by atoms with van der Waals surface area (Å²) in [5, 5.41) is 12.3. The van der Waals surface area contributed by atoms with Crippen molar-refractivity contribution in [2.45, 2.75) is 44.7 Å². The third-order valence-corrected chi connectivity index (χ3v) is 4.63. The van der Waals surface area contributed by atoms with Crippen molar-refractivity contribution in [3.63, 3.8) is 0 Å². The molecule has 1 aromatic carbocycles. The standard InChI is InChI=1S/C18H24FN3O2/c1-3-22(11-14-6-7-16(24-2)15(19)10-14)12-17(23)21-18(13-20)8-4-5-9-18/h6-7,10H,3-5,8-9,11-12H2,1-2H3,(H,21,23)/p+1. The van der Waals surface area contributed by atoms with E-state index in [-0.39, 0.29) is 18.2 Å². The number of likely N-dealkylation sites (N-methyl/N-ethyl adjacent to an activating group) is 1. The average molecular weight is 334 g/mol. The molecule has 0 saturated heterocycles. The molecule has 1 fully saturated rings. The second-order valence-electron chi connectivity index (χ2n) is 6.38. The van der Waals surface area contributed by atoms with E-state index in [1.54, 1.807) is 6.07 Å². The molecule has 1 saturated carbocycles. The predicted octanol–water partition coefficient (Wildman–Crippen LogP) is 1.19. The maximum absolute atomic E-state index is 13.8. The summed E-state index contributed by atoms with van der Waals surface area (Å²) in [6.07, 6.45) is 3.40. The van der Waals surface area contributed by atoms with Crippen LogP contribution in [0.5, 0.6) is 5.75 Å². The van der Waals surface area contributed by atoms with Crippen molar-refractivity contribution in [3.05, 3.63) is 29.6 Å². The number of hydrogen-bond donors (Lipinski definition) is 2. The Balaban J connectivity index is 1.95. The van der Waals surface area contributed by atoms with Crippen molar-refractivity contribution in [1.29, 1.82) is 5.26 Å². The molecular weight excluding hydrogens is 309 g/mol. The van der Waals surface area contributed by atoms with E-state index in [9.17, 15) is 14.4 Å². The summed E-state index contributed by atoms with van der Waals surface area (Å²) in [7, 11) is 1.43. The first-order valence-electron chi connectivity index (χ1n) is 8.40. The van der Waals surface area contributed by atoms with Crippen LogP contribution in [0.3, 0.4) is 0 Å². The van der Waals surface area contributed by atoms with Crippen LogP contribution < -0.4 is 15.0 Å². The lowest BCUT2D eigenvalue weighted by atomic mass is 10.00. The van der Waals surface area contributed by atoms with Gasteiger partial charge in [0.15, 0.2) is 18.1 Å². The smallest absolute Gasteiger partial charge is 0.276 e. The number of nitriles is 1. The van der Waals surface area contributed by atoms with Crippen LogP contribution in [0.2, 0.25) is 0 Å². The third kappa shape index (κ3) is 4.45. The van der Waals surface area contributed by atoms with Gasteiger partial charge in [0.25, 0.3) is 5.91 Å². The lowest BCUT2D eigenvalue weighted by Crippen LogP contribution is -3.11. The van der Waals surface area contributed by atoms with Crippen LogP contribution in [-0.2, 0) is 11.3 Å². The molecule has 0 radical (unpaired) electrons. The van der Waals surface area contributed by atoms with Gasteiger partial charge < -0.3 is 15.0 Å². The van der Waals surface area contributed by atoms with E-state index in [1.165, 1.54) is 13.2 Å². The number of hydrogen-bond acceptors (Lipinski definition) is 3. The number of benzene rings is 1. The number of carbonyl (C=O) groups excluding carboxylic acids is 1. The molecule has 2 rings (SSSR count). The number of ether oxygens (including phenoxy) is 1. The number of amides is 1. The lowest BCUT2D eigenvalue weighted by Gasteiger charge is -2.24. The van der Waals surface area contributed by atoms with E-state index in [0.717, 1.165) is 42.7 Å². The summed E-state index contributed by atoms with van der Waals surface area (Å²) in [6.45, 7) is 3.54. The van der Waals surface area contributed by atoms with E-state index in [1.807, 2.05) is 13.0 Å². The maximum atomic E-state index is 13.8. The van der Waals surface area contributed by atoms with E-state index in [4.69, 9.17) is 4.74 Å². The molecule has 1 atom stereocenters. The number of nitrogens with zero attached hydrogens (tertiary/aromatic N) is 1. The highest BCUT2D eigenvalue weighted by molar-refractivity contribution is 5.78. The fourth-order valence-corrected chi connectivity index (χ4v) is 3.20. The van der Waals surface area contributed by atoms with Gasteiger partial charge in [0.05, 0.1) is 19.7 Å². The first-order chi connectivity index (χ1) is 11.5. The van der Waals surface area contributed by atoms with Gasteiger partial charge in [-0.1, -0.05) is 0 Å². The van der Waals surface area contributed by atoms with Crippen molar-refractivity contribution in [1.82, 2.24) is 5.32 Å². The zero-order chi connectivity index (χ0) is 17.6. The minimum atomic E-state index is -0.692. The monoisotopic (exact) mass is 334 g/mol. The number of nitrogens with one attached hydrogen (secondary N) is 2. The summed E-state index contributed by atoms with van der Waals surface area (Å²) in [5.41, 5.74) is 0.121. The molecule has 0 spiro atoms. The molecular formula is C18H25FN3O2+. The number of halogens is 1. The Morgan fingerprint density at radius 3 is 2.71 bits per heavy atom. The molecule has 1 aliphatic rings. The molecule has 1 amide bonds. The molecule has 1 unspecified atom stereocenters. The average Bonchev–Trinajstić information content (AvgIpc) is 3.03.